The number of methoxy groups -OCH3 is 2. The summed E-state index contributed by atoms with van der Waals surface area (Å²) in [4.78, 5) is 12.5. The average Bonchev–Trinajstić information content (AvgIpc) is 3.22. The largest absolute Gasteiger partial charge is 0.497 e. The van der Waals surface area contributed by atoms with E-state index in [0.717, 1.165) is 42.2 Å². The quantitative estimate of drug-likeness (QED) is 0.362. The Hall–Kier alpha value is -2.22. The van der Waals surface area contributed by atoms with Crippen LogP contribution in [0.5, 0.6) is 11.5 Å². The van der Waals surface area contributed by atoms with Crippen molar-refractivity contribution >= 4 is 17.7 Å². The molecule has 0 radical (unpaired) electrons. The molecular formula is C23H33N3O4S. The van der Waals surface area contributed by atoms with Crippen molar-refractivity contribution in [2.24, 2.45) is 0 Å². The zero-order valence-electron chi connectivity index (χ0n) is 18.9. The molecule has 0 aliphatic heterocycles. The van der Waals surface area contributed by atoms with Gasteiger partial charge in [0.2, 0.25) is 0 Å². The Kier molecular flexibility index (Phi) is 8.63. The Morgan fingerprint density at radius 3 is 2.35 bits per heavy atom. The number of aromatic nitrogens is 3. The first kappa shape index (κ1) is 23.4. The molecule has 3 rings (SSSR count). The van der Waals surface area contributed by atoms with E-state index in [4.69, 9.17) is 14.2 Å². The van der Waals surface area contributed by atoms with E-state index in [1.165, 1.54) is 31.0 Å². The number of carbonyl (C=O) groups excluding carboxylic acids is 1. The maximum absolute atomic E-state index is 12.5. The van der Waals surface area contributed by atoms with Crippen LogP contribution in [0.2, 0.25) is 0 Å². The monoisotopic (exact) mass is 447 g/mol. The second-order valence-electron chi connectivity index (χ2n) is 7.72. The third-order valence-corrected chi connectivity index (χ3v) is 6.76. The fourth-order valence-corrected chi connectivity index (χ4v) is 5.22. The van der Waals surface area contributed by atoms with Gasteiger partial charge in [-0.05, 0) is 38.3 Å². The minimum atomic E-state index is -0.288. The molecule has 1 fully saturated rings. The number of nitrogens with zero attached hydrogens (tertiary/aromatic N) is 3. The molecule has 1 aromatic heterocycles. The van der Waals surface area contributed by atoms with Gasteiger partial charge in [-0.3, -0.25) is 9.36 Å². The Morgan fingerprint density at radius 1 is 1.10 bits per heavy atom. The minimum absolute atomic E-state index is 0.183. The average molecular weight is 448 g/mol. The molecule has 1 atom stereocenters. The Labute approximate surface area is 188 Å². The van der Waals surface area contributed by atoms with E-state index < -0.39 is 0 Å². The molecule has 1 aromatic carbocycles. The van der Waals surface area contributed by atoms with Crippen molar-refractivity contribution in [3.05, 3.63) is 18.2 Å². The van der Waals surface area contributed by atoms with Crippen LogP contribution in [0.3, 0.4) is 0 Å². The lowest BCUT2D eigenvalue weighted by Crippen LogP contribution is -2.22. The van der Waals surface area contributed by atoms with E-state index in [9.17, 15) is 4.79 Å². The minimum Gasteiger partial charge on any atom is -0.497 e. The fraction of sp³-hybridized carbons (Fsp3) is 0.609. The van der Waals surface area contributed by atoms with Crippen LogP contribution in [-0.4, -0.2) is 46.8 Å². The Bertz CT molecular complexity index is 842. The fourth-order valence-electron chi connectivity index (χ4n) is 4.01. The topological polar surface area (TPSA) is 75.5 Å². The molecular weight excluding hydrogens is 414 g/mol. The van der Waals surface area contributed by atoms with Gasteiger partial charge in [0, 0.05) is 17.7 Å². The van der Waals surface area contributed by atoms with Gasteiger partial charge in [-0.15, -0.1) is 10.2 Å². The normalized spacial score (nSPS) is 15.5. The van der Waals surface area contributed by atoms with Crippen LogP contribution in [0.1, 0.15) is 64.8 Å². The van der Waals surface area contributed by atoms with Gasteiger partial charge in [-0.2, -0.15) is 0 Å². The molecule has 8 heteroatoms. The number of thioether (sulfide) groups is 1. The highest BCUT2D eigenvalue weighted by Crippen LogP contribution is 2.39. The van der Waals surface area contributed by atoms with Crippen molar-refractivity contribution in [2.75, 3.05) is 20.8 Å². The standard InChI is InChI=1S/C23H33N3O4S/c1-5-10-20(22(27)30-6-2)31-23-25-24-21(26(23)17-11-8-7-9-12-17)16-13-18(28-3)15-19(14-16)29-4/h13-15,17,20H,5-12H2,1-4H3/t20-/m0/s1. The molecule has 0 amide bonds. The van der Waals surface area contributed by atoms with Crippen LogP contribution < -0.4 is 9.47 Å². The summed E-state index contributed by atoms with van der Waals surface area (Å²) in [6.07, 6.45) is 7.42. The molecule has 1 aliphatic carbocycles. The number of ether oxygens (including phenoxy) is 3. The van der Waals surface area contributed by atoms with Gasteiger partial charge < -0.3 is 14.2 Å². The number of hydrogen-bond donors (Lipinski definition) is 0. The van der Waals surface area contributed by atoms with Gasteiger partial charge in [0.25, 0.3) is 0 Å². The molecule has 0 bridgehead atoms. The van der Waals surface area contributed by atoms with Gasteiger partial charge in [0.05, 0.1) is 20.8 Å². The lowest BCUT2D eigenvalue weighted by atomic mass is 9.95. The summed E-state index contributed by atoms with van der Waals surface area (Å²) in [7, 11) is 3.28. The highest BCUT2D eigenvalue weighted by molar-refractivity contribution is 8.00. The molecule has 0 unspecified atom stereocenters. The molecule has 1 saturated carbocycles. The molecule has 31 heavy (non-hydrogen) atoms. The van der Waals surface area contributed by atoms with Gasteiger partial charge in [-0.1, -0.05) is 44.4 Å². The molecule has 0 N–H and O–H groups in total. The van der Waals surface area contributed by atoms with E-state index in [1.54, 1.807) is 14.2 Å². The molecule has 1 heterocycles. The van der Waals surface area contributed by atoms with Gasteiger partial charge in [-0.25, -0.2) is 0 Å². The predicted octanol–water partition coefficient (Wildman–Crippen LogP) is 5.29. The third kappa shape index (κ3) is 5.73. The van der Waals surface area contributed by atoms with E-state index in [2.05, 4.69) is 21.7 Å². The van der Waals surface area contributed by atoms with Crippen LogP contribution in [0.15, 0.2) is 23.4 Å². The van der Waals surface area contributed by atoms with Crippen molar-refractivity contribution in [3.63, 3.8) is 0 Å². The highest BCUT2D eigenvalue weighted by Gasteiger charge is 2.28. The van der Waals surface area contributed by atoms with E-state index in [0.29, 0.717) is 24.1 Å². The molecule has 170 valence electrons. The highest BCUT2D eigenvalue weighted by atomic mass is 32.2. The first-order valence-corrected chi connectivity index (χ1v) is 12.0. The lowest BCUT2D eigenvalue weighted by molar-refractivity contribution is -0.142. The summed E-state index contributed by atoms with van der Waals surface area (Å²) < 4.78 is 18.5. The van der Waals surface area contributed by atoms with Gasteiger partial charge in [0.1, 0.15) is 16.7 Å². The van der Waals surface area contributed by atoms with Crippen molar-refractivity contribution in [1.82, 2.24) is 14.8 Å². The van der Waals surface area contributed by atoms with E-state index in [-0.39, 0.29) is 11.2 Å². The third-order valence-electron chi connectivity index (χ3n) is 5.56. The summed E-state index contributed by atoms with van der Waals surface area (Å²) in [5.41, 5.74) is 0.893. The Morgan fingerprint density at radius 2 is 1.77 bits per heavy atom. The van der Waals surface area contributed by atoms with E-state index >= 15 is 0 Å². The zero-order chi connectivity index (χ0) is 22.2. The van der Waals surface area contributed by atoms with Gasteiger partial charge >= 0.3 is 5.97 Å². The summed E-state index contributed by atoms with van der Waals surface area (Å²) in [5, 5.41) is 9.58. The first-order chi connectivity index (χ1) is 15.1. The number of esters is 1. The van der Waals surface area contributed by atoms with Crippen molar-refractivity contribution in [3.8, 4) is 22.9 Å². The molecule has 0 saturated heterocycles. The van der Waals surface area contributed by atoms with Crippen LogP contribution in [0.25, 0.3) is 11.4 Å². The summed E-state index contributed by atoms with van der Waals surface area (Å²) in [6, 6.07) is 6.06. The maximum atomic E-state index is 12.5. The van der Waals surface area contributed by atoms with Crippen LogP contribution in [0, 0.1) is 0 Å². The molecule has 2 aromatic rings. The van der Waals surface area contributed by atoms with Crippen molar-refractivity contribution < 1.29 is 19.0 Å². The van der Waals surface area contributed by atoms with E-state index in [1.807, 2.05) is 25.1 Å². The number of benzene rings is 1. The van der Waals surface area contributed by atoms with Crippen molar-refractivity contribution in [1.29, 1.82) is 0 Å². The SMILES string of the molecule is CCC[C@H](Sc1nnc(-c2cc(OC)cc(OC)c2)n1C1CCCCC1)C(=O)OCC. The summed E-state index contributed by atoms with van der Waals surface area (Å²) in [5.74, 6) is 2.01. The van der Waals surface area contributed by atoms with Gasteiger partial charge in [0.15, 0.2) is 11.0 Å². The molecule has 1 aliphatic rings. The van der Waals surface area contributed by atoms with Crippen LogP contribution in [0.4, 0.5) is 0 Å². The second-order valence-corrected chi connectivity index (χ2v) is 8.89. The summed E-state index contributed by atoms with van der Waals surface area (Å²) >= 11 is 1.47. The maximum Gasteiger partial charge on any atom is 0.319 e. The van der Waals surface area contributed by atoms with Crippen molar-refractivity contribution in [2.45, 2.75) is 75.2 Å². The van der Waals surface area contributed by atoms with Crippen LogP contribution >= 0.6 is 11.8 Å². The number of carbonyl (C=O) groups is 1. The molecule has 7 nitrogen and oxygen atoms in total. The Balaban J connectivity index is 2.03. The second kappa shape index (κ2) is 11.4. The molecule has 0 spiro atoms. The lowest BCUT2D eigenvalue weighted by Gasteiger charge is -2.26. The smallest absolute Gasteiger partial charge is 0.319 e. The first-order valence-electron chi connectivity index (χ1n) is 11.1. The zero-order valence-corrected chi connectivity index (χ0v) is 19.7. The summed E-state index contributed by atoms with van der Waals surface area (Å²) in [6.45, 7) is 4.29. The number of hydrogen-bond acceptors (Lipinski definition) is 7. The van der Waals surface area contributed by atoms with Crippen LogP contribution in [-0.2, 0) is 9.53 Å². The number of rotatable bonds is 10. The predicted molar refractivity (Wildman–Crippen MR) is 122 cm³/mol.